The van der Waals surface area contributed by atoms with Crippen LogP contribution in [0.5, 0.6) is 0 Å². The summed E-state index contributed by atoms with van der Waals surface area (Å²) in [5.41, 5.74) is 0.862. The Labute approximate surface area is 140 Å². The third-order valence-electron chi connectivity index (χ3n) is 3.43. The Kier molecular flexibility index (Phi) is 6.55. The molecular weight excluding hydrogens is 310 g/mol. The van der Waals surface area contributed by atoms with Crippen molar-refractivity contribution in [3.05, 3.63) is 52.0 Å². The highest BCUT2D eigenvalue weighted by molar-refractivity contribution is 7.11. The normalized spacial score (nSPS) is 13.3. The zero-order valence-corrected chi connectivity index (χ0v) is 14.3. The van der Waals surface area contributed by atoms with E-state index in [0.717, 1.165) is 17.0 Å². The maximum absolute atomic E-state index is 11.8. The highest BCUT2D eigenvalue weighted by Gasteiger charge is 2.14. The van der Waals surface area contributed by atoms with Crippen molar-refractivity contribution in [1.82, 2.24) is 15.6 Å². The number of carbonyl (C=O) groups is 1. The Morgan fingerprint density at radius 3 is 2.74 bits per heavy atom. The zero-order chi connectivity index (χ0) is 16.7. The molecule has 124 valence electrons. The van der Waals surface area contributed by atoms with Crippen LogP contribution in [0, 0.1) is 6.92 Å². The lowest BCUT2D eigenvalue weighted by atomic mass is 10.0. The molecule has 0 spiro atoms. The molecule has 23 heavy (non-hydrogen) atoms. The maximum atomic E-state index is 11.8. The summed E-state index contributed by atoms with van der Waals surface area (Å²) in [6, 6.07) is 9.13. The predicted molar refractivity (Wildman–Crippen MR) is 92.6 cm³/mol. The summed E-state index contributed by atoms with van der Waals surface area (Å²) in [5, 5.41) is 16.8. The first-order valence-corrected chi connectivity index (χ1v) is 8.55. The summed E-state index contributed by atoms with van der Waals surface area (Å²) in [6.45, 7) is 4.45. The second-order valence-electron chi connectivity index (χ2n) is 5.58. The first kappa shape index (κ1) is 17.4. The van der Waals surface area contributed by atoms with Crippen LogP contribution in [0.25, 0.3) is 0 Å². The number of aliphatic hydroxyl groups is 1. The van der Waals surface area contributed by atoms with Gasteiger partial charge in [0.05, 0.1) is 11.1 Å². The molecule has 0 saturated heterocycles. The smallest absolute Gasteiger partial charge is 0.315 e. The van der Waals surface area contributed by atoms with Gasteiger partial charge in [0.25, 0.3) is 0 Å². The van der Waals surface area contributed by atoms with Gasteiger partial charge in [0, 0.05) is 30.1 Å². The molecule has 1 aromatic heterocycles. The van der Waals surface area contributed by atoms with E-state index in [-0.39, 0.29) is 12.1 Å². The van der Waals surface area contributed by atoms with Gasteiger partial charge in [-0.25, -0.2) is 9.78 Å². The number of hydrogen-bond acceptors (Lipinski definition) is 4. The number of aryl methyl sites for hydroxylation is 1. The van der Waals surface area contributed by atoms with Gasteiger partial charge in [0.15, 0.2) is 0 Å². The van der Waals surface area contributed by atoms with E-state index in [9.17, 15) is 9.90 Å². The molecule has 6 heteroatoms. The summed E-state index contributed by atoms with van der Waals surface area (Å²) >= 11 is 1.64. The average molecular weight is 333 g/mol. The lowest BCUT2D eigenvalue weighted by Crippen LogP contribution is -2.42. The van der Waals surface area contributed by atoms with Crippen LogP contribution in [-0.4, -0.2) is 28.7 Å². The van der Waals surface area contributed by atoms with Crippen molar-refractivity contribution in [3.63, 3.8) is 0 Å². The lowest BCUT2D eigenvalue weighted by molar-refractivity contribution is 0.154. The van der Waals surface area contributed by atoms with Crippen LogP contribution >= 0.6 is 11.3 Å². The molecule has 0 unspecified atom stereocenters. The summed E-state index contributed by atoms with van der Waals surface area (Å²) in [6.07, 6.45) is 2.47. The number of urea groups is 1. The lowest BCUT2D eigenvalue weighted by Gasteiger charge is -2.18. The molecule has 1 heterocycles. The molecule has 0 aliphatic heterocycles. The molecule has 2 atom stereocenters. The molecule has 2 rings (SSSR count). The molecule has 2 aromatic rings. The standard InChI is InChI=1S/C17H23N3O2S/c1-12(10-15(21)14-6-4-3-5-7-14)20-17(22)18-9-8-16-19-11-13(2)23-16/h3-7,11-12,15,21H,8-10H2,1-2H3,(H2,18,20,22)/t12-,15+/m0/s1. The van der Waals surface area contributed by atoms with Crippen molar-refractivity contribution in [3.8, 4) is 0 Å². The van der Waals surface area contributed by atoms with Crippen molar-refractivity contribution in [2.24, 2.45) is 0 Å². The minimum absolute atomic E-state index is 0.118. The number of aromatic nitrogens is 1. The van der Waals surface area contributed by atoms with Crippen LogP contribution in [0.15, 0.2) is 36.5 Å². The fourth-order valence-corrected chi connectivity index (χ4v) is 3.07. The van der Waals surface area contributed by atoms with Gasteiger partial charge < -0.3 is 15.7 Å². The molecule has 0 aliphatic carbocycles. The molecule has 2 amide bonds. The predicted octanol–water partition coefficient (Wildman–Crippen LogP) is 2.81. The minimum Gasteiger partial charge on any atom is -0.388 e. The van der Waals surface area contributed by atoms with Gasteiger partial charge in [-0.05, 0) is 25.8 Å². The molecular formula is C17H23N3O2S. The highest BCUT2D eigenvalue weighted by atomic mass is 32.1. The van der Waals surface area contributed by atoms with Gasteiger partial charge >= 0.3 is 6.03 Å². The Balaban J connectivity index is 1.68. The van der Waals surface area contributed by atoms with Crippen molar-refractivity contribution in [2.75, 3.05) is 6.54 Å². The third-order valence-corrected chi connectivity index (χ3v) is 4.40. The number of nitrogens with zero attached hydrogens (tertiary/aromatic N) is 1. The van der Waals surface area contributed by atoms with E-state index in [0.29, 0.717) is 13.0 Å². The monoisotopic (exact) mass is 333 g/mol. The largest absolute Gasteiger partial charge is 0.388 e. The van der Waals surface area contributed by atoms with Crippen LogP contribution in [0.1, 0.15) is 34.9 Å². The number of aliphatic hydroxyl groups excluding tert-OH is 1. The highest BCUT2D eigenvalue weighted by Crippen LogP contribution is 2.17. The van der Waals surface area contributed by atoms with Crippen molar-refractivity contribution in [1.29, 1.82) is 0 Å². The Morgan fingerprint density at radius 1 is 1.35 bits per heavy atom. The van der Waals surface area contributed by atoms with E-state index >= 15 is 0 Å². The van der Waals surface area contributed by atoms with E-state index in [1.165, 1.54) is 4.88 Å². The SMILES string of the molecule is Cc1cnc(CCNC(=O)N[C@@H](C)C[C@@H](O)c2ccccc2)s1. The second kappa shape index (κ2) is 8.64. The summed E-state index contributed by atoms with van der Waals surface area (Å²) < 4.78 is 0. The van der Waals surface area contributed by atoms with E-state index in [1.54, 1.807) is 11.3 Å². The number of amides is 2. The number of thiazole rings is 1. The molecule has 5 nitrogen and oxygen atoms in total. The molecule has 0 saturated carbocycles. The summed E-state index contributed by atoms with van der Waals surface area (Å²) in [4.78, 5) is 17.3. The number of carbonyl (C=O) groups excluding carboxylic acids is 1. The molecule has 1 aromatic carbocycles. The summed E-state index contributed by atoms with van der Waals surface area (Å²) in [7, 11) is 0. The van der Waals surface area contributed by atoms with Crippen molar-refractivity contribution >= 4 is 17.4 Å². The van der Waals surface area contributed by atoms with Gasteiger partial charge in [0.1, 0.15) is 0 Å². The molecule has 0 radical (unpaired) electrons. The Hall–Kier alpha value is -1.92. The van der Waals surface area contributed by atoms with E-state index < -0.39 is 6.10 Å². The van der Waals surface area contributed by atoms with E-state index in [2.05, 4.69) is 15.6 Å². The number of rotatable bonds is 7. The van der Waals surface area contributed by atoms with Gasteiger partial charge in [-0.15, -0.1) is 11.3 Å². The van der Waals surface area contributed by atoms with Gasteiger partial charge in [-0.1, -0.05) is 30.3 Å². The van der Waals surface area contributed by atoms with Crippen LogP contribution in [-0.2, 0) is 6.42 Å². The van der Waals surface area contributed by atoms with Crippen LogP contribution < -0.4 is 10.6 Å². The molecule has 3 N–H and O–H groups in total. The number of benzene rings is 1. The molecule has 0 aliphatic rings. The number of nitrogens with one attached hydrogen (secondary N) is 2. The minimum atomic E-state index is -0.579. The van der Waals surface area contributed by atoms with Gasteiger partial charge in [0.2, 0.25) is 0 Å². The van der Waals surface area contributed by atoms with E-state index in [1.807, 2.05) is 50.4 Å². The van der Waals surface area contributed by atoms with E-state index in [4.69, 9.17) is 0 Å². The van der Waals surface area contributed by atoms with Crippen LogP contribution in [0.3, 0.4) is 0 Å². The maximum Gasteiger partial charge on any atom is 0.315 e. The Morgan fingerprint density at radius 2 is 2.09 bits per heavy atom. The first-order chi connectivity index (χ1) is 11.0. The Bertz CT molecular complexity index is 615. The van der Waals surface area contributed by atoms with Crippen molar-refractivity contribution < 1.29 is 9.90 Å². The first-order valence-electron chi connectivity index (χ1n) is 7.73. The van der Waals surface area contributed by atoms with Crippen molar-refractivity contribution in [2.45, 2.75) is 38.8 Å². The number of hydrogen-bond donors (Lipinski definition) is 3. The quantitative estimate of drug-likeness (QED) is 0.729. The zero-order valence-electron chi connectivity index (χ0n) is 13.5. The van der Waals surface area contributed by atoms with Gasteiger partial charge in [-0.3, -0.25) is 0 Å². The third kappa shape index (κ3) is 6.00. The fraction of sp³-hybridized carbons (Fsp3) is 0.412. The fourth-order valence-electron chi connectivity index (χ4n) is 2.28. The second-order valence-corrected chi connectivity index (χ2v) is 6.90. The topological polar surface area (TPSA) is 74.2 Å². The van der Waals surface area contributed by atoms with Gasteiger partial charge in [-0.2, -0.15) is 0 Å². The molecule has 0 bridgehead atoms. The van der Waals surface area contributed by atoms with Crippen LogP contribution in [0.2, 0.25) is 0 Å². The summed E-state index contributed by atoms with van der Waals surface area (Å²) in [5.74, 6) is 0. The average Bonchev–Trinajstić information content (AvgIpc) is 2.93. The van der Waals surface area contributed by atoms with Crippen LogP contribution in [0.4, 0.5) is 4.79 Å². The molecule has 0 fully saturated rings.